The Bertz CT molecular complexity index is 2300. The second kappa shape index (κ2) is 19.5. The largest absolute Gasteiger partial charge is 0.493 e. The van der Waals surface area contributed by atoms with Crippen LogP contribution >= 0.6 is 0 Å². The lowest BCUT2D eigenvalue weighted by Gasteiger charge is -2.36. The summed E-state index contributed by atoms with van der Waals surface area (Å²) in [5.41, 5.74) is 4.13. The zero-order chi connectivity index (χ0) is 42.8. The highest BCUT2D eigenvalue weighted by Crippen LogP contribution is 2.42. The van der Waals surface area contributed by atoms with Crippen LogP contribution in [0.3, 0.4) is 0 Å². The zero-order valence-corrected chi connectivity index (χ0v) is 33.9. The van der Waals surface area contributed by atoms with E-state index in [9.17, 15) is 23.6 Å². The molecule has 0 radical (unpaired) electrons. The van der Waals surface area contributed by atoms with Crippen LogP contribution in [-0.4, -0.2) is 107 Å². The van der Waals surface area contributed by atoms with Gasteiger partial charge in [-0.15, -0.1) is 0 Å². The SMILES string of the molecule is COc1cc(C(=O)N2CCC(CCN3CCC(C(=O)c4nc5ccccc5n4Cc4ccc(F)cc4)CC3)(c3ccccc3)C2)cc(OC)c1OC.O=C(O)/C=C/C(=O)O. The van der Waals surface area contributed by atoms with Crippen LogP contribution < -0.4 is 14.2 Å². The summed E-state index contributed by atoms with van der Waals surface area (Å²) < 4.78 is 32.1. The van der Waals surface area contributed by atoms with Crippen molar-refractivity contribution < 1.29 is 48.0 Å². The number of nitrogens with zero attached hydrogens (tertiary/aromatic N) is 4. The number of piperidine rings is 1. The van der Waals surface area contributed by atoms with E-state index >= 15 is 0 Å². The predicted octanol–water partition coefficient (Wildman–Crippen LogP) is 6.73. The van der Waals surface area contributed by atoms with E-state index in [-0.39, 0.29) is 28.8 Å². The highest BCUT2D eigenvalue weighted by atomic mass is 19.1. The fourth-order valence-electron chi connectivity index (χ4n) is 8.12. The van der Waals surface area contributed by atoms with Crippen LogP contribution in [-0.2, 0) is 21.5 Å². The fourth-order valence-corrected chi connectivity index (χ4v) is 8.12. The number of carbonyl (C=O) groups excluding carboxylic acids is 2. The molecule has 5 aromatic rings. The standard InChI is InChI=1S/C42H45FN4O5.C4H4O4/c1-50-36-25-31(26-37(51-2)39(36)52-3)41(49)46-24-20-42(28-46,32-9-5-4-6-10-32)19-23-45-21-17-30(18-22-45)38(48)40-44-34-11-7-8-12-35(34)47(40)27-29-13-15-33(43)16-14-29;5-3(6)1-2-4(7)8/h4-16,25-26,30H,17-24,27-28H2,1-3H3;1-2H,(H,5,6)(H,7,8)/b;2-1+. The van der Waals surface area contributed by atoms with Gasteiger partial charge in [-0.2, -0.15) is 0 Å². The third-order valence-electron chi connectivity index (χ3n) is 11.3. The number of Topliss-reactive ketones (excluding diaryl/α,β-unsaturated/α-hetero) is 1. The molecule has 2 aliphatic heterocycles. The predicted molar refractivity (Wildman–Crippen MR) is 222 cm³/mol. The Labute approximate surface area is 347 Å². The minimum Gasteiger partial charge on any atom is -0.493 e. The Balaban J connectivity index is 0.000000686. The number of carboxylic acid groups (broad SMARTS) is 2. The molecule has 2 fully saturated rings. The molecule has 13 nitrogen and oxygen atoms in total. The summed E-state index contributed by atoms with van der Waals surface area (Å²) in [5.74, 6) is -1.10. The average Bonchev–Trinajstić information content (AvgIpc) is 3.88. The van der Waals surface area contributed by atoms with Crippen molar-refractivity contribution in [2.24, 2.45) is 5.92 Å². The summed E-state index contributed by atoms with van der Waals surface area (Å²) in [6.45, 7) is 4.18. The maximum Gasteiger partial charge on any atom is 0.328 e. The van der Waals surface area contributed by atoms with E-state index in [1.807, 2.05) is 39.8 Å². The molecular weight excluding hydrogens is 772 g/mol. The van der Waals surface area contributed by atoms with Crippen LogP contribution in [0.25, 0.3) is 11.0 Å². The number of rotatable bonds is 14. The molecule has 14 heteroatoms. The van der Waals surface area contributed by atoms with E-state index in [0.29, 0.717) is 60.4 Å². The second-order valence-electron chi connectivity index (χ2n) is 14.9. The molecule has 60 heavy (non-hydrogen) atoms. The molecule has 1 amide bonds. The van der Waals surface area contributed by atoms with Crippen LogP contribution in [0.15, 0.2) is 103 Å². The number of ketones is 1. The summed E-state index contributed by atoms with van der Waals surface area (Å²) in [6.07, 6.45) is 4.37. The molecule has 3 heterocycles. The zero-order valence-electron chi connectivity index (χ0n) is 33.9. The minimum absolute atomic E-state index is 0.0652. The third-order valence-corrected chi connectivity index (χ3v) is 11.3. The van der Waals surface area contributed by atoms with Gasteiger partial charge in [-0.1, -0.05) is 54.6 Å². The van der Waals surface area contributed by atoms with Gasteiger partial charge >= 0.3 is 11.9 Å². The summed E-state index contributed by atoms with van der Waals surface area (Å²) >= 11 is 0. The lowest BCUT2D eigenvalue weighted by atomic mass is 9.76. The number of ether oxygens (including phenoxy) is 3. The minimum atomic E-state index is -1.26. The van der Waals surface area contributed by atoms with Gasteiger partial charge in [0.05, 0.1) is 32.4 Å². The maximum absolute atomic E-state index is 14.1. The van der Waals surface area contributed by atoms with Crippen molar-refractivity contribution in [2.75, 3.05) is 54.1 Å². The number of benzene rings is 4. The van der Waals surface area contributed by atoms with Crippen LogP contribution in [0.5, 0.6) is 17.2 Å². The number of aliphatic carboxylic acids is 2. The van der Waals surface area contributed by atoms with Crippen LogP contribution in [0.4, 0.5) is 4.39 Å². The first kappa shape index (κ1) is 43.0. The van der Waals surface area contributed by atoms with Crippen molar-refractivity contribution in [1.82, 2.24) is 19.4 Å². The summed E-state index contributed by atoms with van der Waals surface area (Å²) in [6, 6.07) is 28.2. The Kier molecular flexibility index (Phi) is 14.0. The van der Waals surface area contributed by atoms with Crippen molar-refractivity contribution in [1.29, 1.82) is 0 Å². The molecule has 7 rings (SSSR count). The number of hydrogen-bond acceptors (Lipinski definition) is 9. The number of halogens is 1. The number of aromatic nitrogens is 2. The summed E-state index contributed by atoms with van der Waals surface area (Å²) in [5, 5.41) is 15.6. The number of para-hydroxylation sites is 2. The molecule has 0 bridgehead atoms. The first-order valence-electron chi connectivity index (χ1n) is 19.7. The highest BCUT2D eigenvalue weighted by molar-refractivity contribution is 5.98. The highest BCUT2D eigenvalue weighted by Gasteiger charge is 2.42. The van der Waals surface area contributed by atoms with Crippen molar-refractivity contribution >= 4 is 34.7 Å². The smallest absolute Gasteiger partial charge is 0.328 e. The monoisotopic (exact) mass is 820 g/mol. The molecule has 4 aromatic carbocycles. The van der Waals surface area contributed by atoms with Gasteiger partial charge in [-0.05, 0) is 92.8 Å². The lowest BCUT2D eigenvalue weighted by Crippen LogP contribution is -2.41. The van der Waals surface area contributed by atoms with Crippen LogP contribution in [0.2, 0.25) is 0 Å². The van der Waals surface area contributed by atoms with Gasteiger partial charge in [0, 0.05) is 48.7 Å². The maximum atomic E-state index is 14.1. The van der Waals surface area contributed by atoms with E-state index < -0.39 is 11.9 Å². The van der Waals surface area contributed by atoms with Crippen molar-refractivity contribution in [3.8, 4) is 17.2 Å². The molecule has 1 aromatic heterocycles. The number of methoxy groups -OCH3 is 3. The topological polar surface area (TPSA) is 161 Å². The Morgan fingerprint density at radius 2 is 1.43 bits per heavy atom. The normalized spacial score (nSPS) is 17.0. The van der Waals surface area contributed by atoms with Crippen molar-refractivity contribution in [3.05, 3.63) is 131 Å². The van der Waals surface area contributed by atoms with Crippen LogP contribution in [0.1, 0.15) is 57.8 Å². The molecule has 1 atom stereocenters. The number of amides is 1. The number of carboxylic acids is 2. The fraction of sp³-hybridized carbons (Fsp3) is 0.326. The number of carbonyl (C=O) groups is 4. The van der Waals surface area contributed by atoms with Gasteiger partial charge < -0.3 is 38.8 Å². The molecule has 2 aliphatic rings. The quantitative estimate of drug-likeness (QED) is 0.0903. The molecule has 0 spiro atoms. The third kappa shape index (κ3) is 10.0. The van der Waals surface area contributed by atoms with Gasteiger partial charge in [0.15, 0.2) is 17.3 Å². The molecular formula is C46H49FN4O9. The number of imidazole rings is 1. The van der Waals surface area contributed by atoms with Gasteiger partial charge in [0.1, 0.15) is 5.82 Å². The number of fused-ring (bicyclic) bond motifs is 1. The molecule has 0 aliphatic carbocycles. The van der Waals surface area contributed by atoms with Gasteiger partial charge in [0.2, 0.25) is 11.5 Å². The average molecular weight is 821 g/mol. The molecule has 314 valence electrons. The summed E-state index contributed by atoms with van der Waals surface area (Å²) in [7, 11) is 4.65. The lowest BCUT2D eigenvalue weighted by molar-refractivity contribution is -0.134. The van der Waals surface area contributed by atoms with E-state index in [1.165, 1.54) is 17.7 Å². The summed E-state index contributed by atoms with van der Waals surface area (Å²) in [4.78, 5) is 56.3. The first-order valence-corrected chi connectivity index (χ1v) is 19.7. The van der Waals surface area contributed by atoms with E-state index in [1.54, 1.807) is 45.6 Å². The Hall–Kier alpha value is -6.54. The molecule has 2 N–H and O–H groups in total. The molecule has 1 unspecified atom stereocenters. The van der Waals surface area contributed by atoms with Crippen LogP contribution in [0, 0.1) is 11.7 Å². The van der Waals surface area contributed by atoms with Gasteiger partial charge in [-0.25, -0.2) is 19.0 Å². The van der Waals surface area contributed by atoms with Gasteiger partial charge in [-0.3, -0.25) is 9.59 Å². The Morgan fingerprint density at radius 1 is 0.817 bits per heavy atom. The first-order chi connectivity index (χ1) is 28.9. The van der Waals surface area contributed by atoms with E-state index in [4.69, 9.17) is 29.4 Å². The van der Waals surface area contributed by atoms with E-state index in [0.717, 1.165) is 61.9 Å². The Morgan fingerprint density at radius 3 is 2.03 bits per heavy atom. The van der Waals surface area contributed by atoms with E-state index in [2.05, 4.69) is 29.2 Å². The van der Waals surface area contributed by atoms with Crippen molar-refractivity contribution in [2.45, 2.75) is 37.6 Å². The molecule has 0 saturated carbocycles. The second-order valence-corrected chi connectivity index (χ2v) is 14.9. The molecule has 2 saturated heterocycles. The number of likely N-dealkylation sites (tertiary alicyclic amines) is 2. The number of hydrogen-bond donors (Lipinski definition) is 2. The van der Waals surface area contributed by atoms with Crippen molar-refractivity contribution in [3.63, 3.8) is 0 Å². The van der Waals surface area contributed by atoms with Gasteiger partial charge in [0.25, 0.3) is 5.91 Å².